The van der Waals surface area contributed by atoms with Crippen LogP contribution in [0, 0.1) is 12.7 Å². The minimum Gasteiger partial charge on any atom is -0.377 e. The molecule has 0 bridgehead atoms. The molecule has 0 saturated heterocycles. The molecule has 174 valence electrons. The van der Waals surface area contributed by atoms with Crippen LogP contribution in [0.4, 0.5) is 23.2 Å². The molecule has 0 aliphatic heterocycles. The van der Waals surface area contributed by atoms with Crippen LogP contribution in [-0.4, -0.2) is 26.7 Å². The van der Waals surface area contributed by atoms with E-state index in [2.05, 4.69) is 5.32 Å². The lowest BCUT2D eigenvalue weighted by Crippen LogP contribution is -2.54. The lowest BCUT2D eigenvalue weighted by atomic mass is 10.1. The molecule has 2 N–H and O–H groups in total. The first kappa shape index (κ1) is 24.5. The Hall–Kier alpha value is -3.17. The molecule has 2 atom stereocenters. The average molecular weight is 479 g/mol. The number of nitrogens with one attached hydrogen (secondary N) is 2. The number of hydrogen-bond donors (Lipinski definition) is 2. The Kier molecular flexibility index (Phi) is 7.55. The van der Waals surface area contributed by atoms with Gasteiger partial charge in [0.15, 0.2) is 0 Å². The van der Waals surface area contributed by atoms with Gasteiger partial charge in [-0.15, -0.1) is 0 Å². The molecule has 0 aliphatic rings. The van der Waals surface area contributed by atoms with Gasteiger partial charge in [-0.1, -0.05) is 60.2 Å². The predicted molar refractivity (Wildman–Crippen MR) is 121 cm³/mol. The van der Waals surface area contributed by atoms with E-state index in [-0.39, 0.29) is 4.90 Å². The van der Waals surface area contributed by atoms with Crippen LogP contribution in [-0.2, 0) is 10.0 Å². The third-order valence-corrected chi connectivity index (χ3v) is 6.26. The molecule has 0 fully saturated rings. The minimum atomic E-state index is -4.92. The SMILES string of the molecule is Cc1ccc(S(=O)(=O)N[C@H]([C@H](/C=C/c2ccc(F)cc2)Nc2ccccc2)C(F)(F)F)cc1. The lowest BCUT2D eigenvalue weighted by molar-refractivity contribution is -0.152. The first-order valence-electron chi connectivity index (χ1n) is 9.96. The van der Waals surface area contributed by atoms with Crippen LogP contribution in [0.5, 0.6) is 0 Å². The third-order valence-electron chi connectivity index (χ3n) is 4.80. The number of alkyl halides is 3. The molecule has 3 aromatic rings. The van der Waals surface area contributed by atoms with Gasteiger partial charge in [-0.2, -0.15) is 17.9 Å². The van der Waals surface area contributed by atoms with Crippen molar-refractivity contribution in [2.75, 3.05) is 5.32 Å². The Morgan fingerprint density at radius 3 is 2.06 bits per heavy atom. The van der Waals surface area contributed by atoms with E-state index in [1.54, 1.807) is 37.3 Å². The highest BCUT2D eigenvalue weighted by atomic mass is 32.2. The highest BCUT2D eigenvalue weighted by Crippen LogP contribution is 2.27. The van der Waals surface area contributed by atoms with Gasteiger partial charge in [-0.25, -0.2) is 12.8 Å². The van der Waals surface area contributed by atoms with Crippen LogP contribution in [0.15, 0.2) is 89.8 Å². The molecule has 3 rings (SSSR count). The molecule has 0 saturated carbocycles. The largest absolute Gasteiger partial charge is 0.407 e. The summed E-state index contributed by atoms with van der Waals surface area (Å²) >= 11 is 0. The molecule has 0 amide bonds. The Balaban J connectivity index is 1.98. The number of hydrogen-bond acceptors (Lipinski definition) is 3. The van der Waals surface area contributed by atoms with Gasteiger partial charge < -0.3 is 5.32 Å². The van der Waals surface area contributed by atoms with Gasteiger partial charge in [0, 0.05) is 5.69 Å². The van der Waals surface area contributed by atoms with Gasteiger partial charge in [0.25, 0.3) is 0 Å². The molecule has 0 aromatic heterocycles. The van der Waals surface area contributed by atoms with Gasteiger partial charge >= 0.3 is 6.18 Å². The van der Waals surface area contributed by atoms with Crippen molar-refractivity contribution in [3.63, 3.8) is 0 Å². The molecule has 0 unspecified atom stereocenters. The van der Waals surface area contributed by atoms with Crippen LogP contribution >= 0.6 is 0 Å². The molecule has 33 heavy (non-hydrogen) atoms. The summed E-state index contributed by atoms with van der Waals surface area (Å²) in [7, 11) is -4.48. The zero-order chi connectivity index (χ0) is 24.1. The Morgan fingerprint density at radius 1 is 0.879 bits per heavy atom. The summed E-state index contributed by atoms with van der Waals surface area (Å²) < 4.78 is 82.8. The Bertz CT molecular complexity index is 1180. The summed E-state index contributed by atoms with van der Waals surface area (Å²) in [6.07, 6.45) is -2.34. The van der Waals surface area contributed by atoms with Crippen molar-refractivity contribution in [3.05, 3.63) is 102 Å². The predicted octanol–water partition coefficient (Wildman–Crippen LogP) is 5.54. The summed E-state index contributed by atoms with van der Waals surface area (Å²) in [5.74, 6) is -0.481. The second-order valence-electron chi connectivity index (χ2n) is 7.40. The fourth-order valence-corrected chi connectivity index (χ4v) is 4.30. The zero-order valence-electron chi connectivity index (χ0n) is 17.6. The van der Waals surface area contributed by atoms with Gasteiger partial charge in [0.1, 0.15) is 11.9 Å². The summed E-state index contributed by atoms with van der Waals surface area (Å²) in [5, 5.41) is 2.74. The molecule has 0 spiro atoms. The molecular formula is C24H22F4N2O2S. The number of anilines is 1. The minimum absolute atomic E-state index is 0.275. The summed E-state index contributed by atoms with van der Waals surface area (Å²) in [6.45, 7) is 1.74. The third kappa shape index (κ3) is 6.90. The van der Waals surface area contributed by atoms with Crippen LogP contribution < -0.4 is 10.0 Å². The van der Waals surface area contributed by atoms with Crippen molar-refractivity contribution < 1.29 is 26.0 Å². The fraction of sp³-hybridized carbons (Fsp3) is 0.167. The highest BCUT2D eigenvalue weighted by Gasteiger charge is 2.46. The molecule has 9 heteroatoms. The monoisotopic (exact) mass is 478 g/mol. The topological polar surface area (TPSA) is 58.2 Å². The van der Waals surface area contributed by atoms with Gasteiger partial charge in [0.05, 0.1) is 10.9 Å². The maximum absolute atomic E-state index is 14.1. The van der Waals surface area contributed by atoms with Crippen LogP contribution in [0.25, 0.3) is 6.08 Å². The normalized spacial score (nSPS) is 14.2. The maximum Gasteiger partial charge on any atom is 0.407 e. The highest BCUT2D eigenvalue weighted by molar-refractivity contribution is 7.89. The molecular weight excluding hydrogens is 456 g/mol. The van der Waals surface area contributed by atoms with Crippen molar-refractivity contribution in [2.24, 2.45) is 0 Å². The van der Waals surface area contributed by atoms with E-state index in [1.807, 2.05) is 4.72 Å². The molecule has 0 heterocycles. The van der Waals surface area contributed by atoms with E-state index in [1.165, 1.54) is 60.7 Å². The first-order chi connectivity index (χ1) is 15.5. The van der Waals surface area contributed by atoms with E-state index >= 15 is 0 Å². The molecule has 0 radical (unpaired) electrons. The number of sulfonamides is 1. The van der Waals surface area contributed by atoms with E-state index in [0.717, 1.165) is 5.56 Å². The van der Waals surface area contributed by atoms with E-state index in [9.17, 15) is 26.0 Å². The van der Waals surface area contributed by atoms with Crippen LogP contribution in [0.2, 0.25) is 0 Å². The summed E-state index contributed by atoms with van der Waals surface area (Å²) in [4.78, 5) is -0.275. The van der Waals surface area contributed by atoms with Crippen molar-refractivity contribution in [2.45, 2.75) is 30.1 Å². The molecule has 4 nitrogen and oxygen atoms in total. The van der Waals surface area contributed by atoms with Crippen molar-refractivity contribution >= 4 is 21.8 Å². The number of para-hydroxylation sites is 1. The summed E-state index contributed by atoms with van der Waals surface area (Å²) in [6, 6.07) is 14.8. The molecule has 0 aliphatic carbocycles. The lowest BCUT2D eigenvalue weighted by Gasteiger charge is -2.29. The second kappa shape index (κ2) is 10.2. The van der Waals surface area contributed by atoms with Crippen LogP contribution in [0.3, 0.4) is 0 Å². The second-order valence-corrected chi connectivity index (χ2v) is 9.11. The fourth-order valence-electron chi connectivity index (χ4n) is 3.05. The van der Waals surface area contributed by atoms with E-state index in [4.69, 9.17) is 0 Å². The average Bonchev–Trinajstić information content (AvgIpc) is 2.76. The Morgan fingerprint density at radius 2 is 1.48 bits per heavy atom. The van der Waals surface area contributed by atoms with E-state index < -0.39 is 34.1 Å². The van der Waals surface area contributed by atoms with Gasteiger partial charge in [-0.3, -0.25) is 0 Å². The zero-order valence-corrected chi connectivity index (χ0v) is 18.4. The van der Waals surface area contributed by atoms with Crippen molar-refractivity contribution in [3.8, 4) is 0 Å². The number of rotatable bonds is 8. The smallest absolute Gasteiger partial charge is 0.377 e. The number of aryl methyl sites for hydroxylation is 1. The summed E-state index contributed by atoms with van der Waals surface area (Å²) in [5.41, 5.74) is 1.60. The number of halogens is 4. The van der Waals surface area contributed by atoms with Gasteiger partial charge in [0.2, 0.25) is 10.0 Å². The quantitative estimate of drug-likeness (QED) is 0.418. The first-order valence-corrected chi connectivity index (χ1v) is 11.4. The molecule has 3 aromatic carbocycles. The maximum atomic E-state index is 14.1. The van der Waals surface area contributed by atoms with Crippen LogP contribution in [0.1, 0.15) is 11.1 Å². The van der Waals surface area contributed by atoms with Crippen molar-refractivity contribution in [1.29, 1.82) is 0 Å². The van der Waals surface area contributed by atoms with Gasteiger partial charge in [-0.05, 0) is 48.9 Å². The van der Waals surface area contributed by atoms with E-state index in [0.29, 0.717) is 11.3 Å². The standard InChI is InChI=1S/C24H22F4N2O2S/c1-17-7-14-21(15-8-17)33(31,32)30-23(24(26,27)28)22(29-20-5-3-2-4-6-20)16-11-18-9-12-19(25)13-10-18/h2-16,22-23,29-30H,1H3/b16-11+/t22-,23+/m0/s1. The van der Waals surface area contributed by atoms with Crippen molar-refractivity contribution in [1.82, 2.24) is 4.72 Å². The Labute approximate surface area is 190 Å². The number of benzene rings is 3.